The lowest BCUT2D eigenvalue weighted by molar-refractivity contribution is -0.873. The van der Waals surface area contributed by atoms with Crippen LogP contribution in [-0.4, -0.2) is 50.0 Å². The van der Waals surface area contributed by atoms with Crippen LogP contribution < -0.4 is 4.74 Å². The predicted molar refractivity (Wildman–Crippen MR) is 70.3 cm³/mol. The molecular weight excluding hydrogens is 214 g/mol. The highest BCUT2D eigenvalue weighted by atomic mass is 16.5. The van der Waals surface area contributed by atoms with E-state index in [-0.39, 0.29) is 0 Å². The summed E-state index contributed by atoms with van der Waals surface area (Å²) in [7, 11) is 6.17. The predicted octanol–water partition coefficient (Wildman–Crippen LogP) is 1.75. The molecular formula is C14H24NO2+. The first-order chi connectivity index (χ1) is 7.78. The summed E-state index contributed by atoms with van der Waals surface area (Å²) >= 11 is 0. The summed E-state index contributed by atoms with van der Waals surface area (Å²) < 4.78 is 6.40. The molecule has 0 spiro atoms. The number of aryl methyl sites for hydroxylation is 2. The molecule has 1 aromatic rings. The van der Waals surface area contributed by atoms with Gasteiger partial charge in [0.2, 0.25) is 0 Å². The van der Waals surface area contributed by atoms with E-state index in [1.807, 2.05) is 26.0 Å². The molecule has 1 N–H and O–H groups in total. The van der Waals surface area contributed by atoms with E-state index >= 15 is 0 Å². The summed E-state index contributed by atoms with van der Waals surface area (Å²) in [6, 6.07) is 6.11. The van der Waals surface area contributed by atoms with Gasteiger partial charge in [-0.25, -0.2) is 0 Å². The van der Waals surface area contributed by atoms with Crippen molar-refractivity contribution in [3.63, 3.8) is 0 Å². The number of likely N-dealkylation sites (N-methyl/N-ethyl adjacent to an activating group) is 1. The van der Waals surface area contributed by atoms with Gasteiger partial charge in [0, 0.05) is 0 Å². The molecule has 3 heteroatoms. The number of quaternary nitrogens is 1. The molecule has 0 saturated carbocycles. The van der Waals surface area contributed by atoms with Crippen LogP contribution in [0.15, 0.2) is 18.2 Å². The van der Waals surface area contributed by atoms with E-state index in [4.69, 9.17) is 4.74 Å². The Labute approximate surface area is 104 Å². The van der Waals surface area contributed by atoms with Crippen LogP contribution in [0.4, 0.5) is 0 Å². The maximum absolute atomic E-state index is 9.87. The average molecular weight is 238 g/mol. The number of ether oxygens (including phenoxy) is 1. The van der Waals surface area contributed by atoms with Gasteiger partial charge in [0.25, 0.3) is 0 Å². The second-order valence-electron chi connectivity index (χ2n) is 5.71. The maximum atomic E-state index is 9.87. The summed E-state index contributed by atoms with van der Waals surface area (Å²) in [6.45, 7) is 5.08. The van der Waals surface area contributed by atoms with Crippen molar-refractivity contribution < 1.29 is 14.3 Å². The van der Waals surface area contributed by atoms with Crippen molar-refractivity contribution >= 4 is 0 Å². The number of aliphatic hydroxyl groups is 1. The van der Waals surface area contributed by atoms with Crippen LogP contribution in [0.3, 0.4) is 0 Å². The zero-order valence-corrected chi connectivity index (χ0v) is 11.5. The standard InChI is InChI=1S/C14H24NO2/c1-11-6-7-12(2)14(8-11)17-10-13(16)9-15(3,4)5/h6-8,13,16H,9-10H2,1-5H3/q+1. The Balaban J connectivity index is 2.53. The van der Waals surface area contributed by atoms with Crippen molar-refractivity contribution in [2.24, 2.45) is 0 Å². The molecule has 0 bridgehead atoms. The molecule has 17 heavy (non-hydrogen) atoms. The highest BCUT2D eigenvalue weighted by Gasteiger charge is 2.16. The van der Waals surface area contributed by atoms with Crippen LogP contribution in [0.5, 0.6) is 5.75 Å². The van der Waals surface area contributed by atoms with E-state index in [0.29, 0.717) is 13.2 Å². The van der Waals surface area contributed by atoms with E-state index in [0.717, 1.165) is 15.8 Å². The van der Waals surface area contributed by atoms with Crippen LogP contribution in [0, 0.1) is 13.8 Å². The molecule has 0 heterocycles. The summed E-state index contributed by atoms with van der Waals surface area (Å²) in [6.07, 6.45) is -0.435. The minimum atomic E-state index is -0.435. The second-order valence-corrected chi connectivity index (χ2v) is 5.71. The lowest BCUT2D eigenvalue weighted by atomic mass is 10.1. The Morgan fingerprint density at radius 1 is 1.24 bits per heavy atom. The van der Waals surface area contributed by atoms with Crippen molar-refractivity contribution in [2.45, 2.75) is 20.0 Å². The van der Waals surface area contributed by atoms with Crippen molar-refractivity contribution in [1.82, 2.24) is 0 Å². The lowest BCUT2D eigenvalue weighted by Gasteiger charge is -2.26. The van der Waals surface area contributed by atoms with Gasteiger partial charge in [-0.3, -0.25) is 0 Å². The van der Waals surface area contributed by atoms with E-state index in [2.05, 4.69) is 27.2 Å². The topological polar surface area (TPSA) is 29.5 Å². The molecule has 0 aliphatic heterocycles. The van der Waals surface area contributed by atoms with Crippen molar-refractivity contribution in [3.8, 4) is 5.75 Å². The maximum Gasteiger partial charge on any atom is 0.137 e. The monoisotopic (exact) mass is 238 g/mol. The van der Waals surface area contributed by atoms with E-state index < -0.39 is 6.10 Å². The fraction of sp³-hybridized carbons (Fsp3) is 0.571. The van der Waals surface area contributed by atoms with E-state index in [9.17, 15) is 5.11 Å². The molecule has 0 fully saturated rings. The van der Waals surface area contributed by atoms with Crippen LogP contribution in [0.2, 0.25) is 0 Å². The number of hydrogen-bond donors (Lipinski definition) is 1. The first-order valence-electron chi connectivity index (χ1n) is 5.96. The molecule has 0 aromatic heterocycles. The second kappa shape index (κ2) is 5.52. The van der Waals surface area contributed by atoms with Gasteiger partial charge in [-0.15, -0.1) is 0 Å². The zero-order chi connectivity index (χ0) is 13.1. The minimum absolute atomic E-state index is 0.347. The van der Waals surface area contributed by atoms with Gasteiger partial charge in [-0.2, -0.15) is 0 Å². The van der Waals surface area contributed by atoms with E-state index in [1.165, 1.54) is 5.56 Å². The normalized spacial score (nSPS) is 13.5. The quantitative estimate of drug-likeness (QED) is 0.792. The molecule has 0 amide bonds. The van der Waals surface area contributed by atoms with Crippen LogP contribution in [0.1, 0.15) is 11.1 Å². The fourth-order valence-electron chi connectivity index (χ4n) is 1.73. The van der Waals surface area contributed by atoms with Crippen molar-refractivity contribution in [3.05, 3.63) is 29.3 Å². The van der Waals surface area contributed by atoms with Gasteiger partial charge in [0.15, 0.2) is 0 Å². The van der Waals surface area contributed by atoms with Gasteiger partial charge in [0.05, 0.1) is 21.1 Å². The molecule has 1 unspecified atom stereocenters. The Kier molecular flexibility index (Phi) is 4.54. The Hall–Kier alpha value is -1.06. The van der Waals surface area contributed by atoms with Gasteiger partial charge in [0.1, 0.15) is 25.0 Å². The molecule has 0 saturated heterocycles. The van der Waals surface area contributed by atoms with Gasteiger partial charge < -0.3 is 14.3 Å². The van der Waals surface area contributed by atoms with Crippen LogP contribution >= 0.6 is 0 Å². The van der Waals surface area contributed by atoms with E-state index in [1.54, 1.807) is 0 Å². The average Bonchev–Trinajstić information content (AvgIpc) is 2.17. The third-order valence-electron chi connectivity index (χ3n) is 2.53. The third-order valence-corrected chi connectivity index (χ3v) is 2.53. The summed E-state index contributed by atoms with van der Waals surface area (Å²) in [5, 5.41) is 9.87. The molecule has 96 valence electrons. The number of nitrogens with zero attached hydrogens (tertiary/aromatic N) is 1. The highest BCUT2D eigenvalue weighted by molar-refractivity contribution is 5.35. The van der Waals surface area contributed by atoms with Crippen molar-refractivity contribution in [1.29, 1.82) is 0 Å². The number of aliphatic hydroxyl groups excluding tert-OH is 1. The summed E-state index contributed by atoms with van der Waals surface area (Å²) in [5.74, 6) is 0.866. The first-order valence-corrected chi connectivity index (χ1v) is 5.96. The summed E-state index contributed by atoms with van der Waals surface area (Å²) in [5.41, 5.74) is 2.28. The number of rotatable bonds is 5. The summed E-state index contributed by atoms with van der Waals surface area (Å²) in [4.78, 5) is 0. The van der Waals surface area contributed by atoms with Crippen LogP contribution in [0.25, 0.3) is 0 Å². The van der Waals surface area contributed by atoms with Gasteiger partial charge in [-0.1, -0.05) is 12.1 Å². The molecule has 0 radical (unpaired) electrons. The van der Waals surface area contributed by atoms with Gasteiger partial charge in [-0.05, 0) is 31.0 Å². The lowest BCUT2D eigenvalue weighted by Crippen LogP contribution is -2.43. The highest BCUT2D eigenvalue weighted by Crippen LogP contribution is 2.19. The SMILES string of the molecule is Cc1ccc(C)c(OCC(O)C[N+](C)(C)C)c1. The molecule has 1 atom stereocenters. The fourth-order valence-corrected chi connectivity index (χ4v) is 1.73. The molecule has 3 nitrogen and oxygen atoms in total. The Morgan fingerprint density at radius 2 is 1.88 bits per heavy atom. The number of hydrogen-bond acceptors (Lipinski definition) is 2. The first kappa shape index (κ1) is 14.0. The molecule has 0 aliphatic carbocycles. The minimum Gasteiger partial charge on any atom is -0.490 e. The molecule has 1 rings (SSSR count). The molecule has 0 aliphatic rings. The Morgan fingerprint density at radius 3 is 2.47 bits per heavy atom. The Bertz CT molecular complexity index is 369. The largest absolute Gasteiger partial charge is 0.490 e. The third kappa shape index (κ3) is 5.20. The van der Waals surface area contributed by atoms with Crippen LogP contribution in [-0.2, 0) is 0 Å². The zero-order valence-electron chi connectivity index (χ0n) is 11.5. The van der Waals surface area contributed by atoms with Crippen molar-refractivity contribution in [2.75, 3.05) is 34.3 Å². The van der Waals surface area contributed by atoms with Gasteiger partial charge >= 0.3 is 0 Å². The number of benzene rings is 1. The molecule has 1 aromatic carbocycles. The smallest absolute Gasteiger partial charge is 0.137 e.